The van der Waals surface area contributed by atoms with Crippen LogP contribution in [0.2, 0.25) is 5.02 Å². The highest BCUT2D eigenvalue weighted by atomic mass is 35.5. The Balaban J connectivity index is 1.98. The molecule has 90 valence electrons. The van der Waals surface area contributed by atoms with E-state index in [1.165, 1.54) is 9.75 Å². The SMILES string of the molecule is Cc1ccc(CC(C)Nc2ccncc2Cl)s1. The Labute approximate surface area is 111 Å². The molecule has 2 heterocycles. The highest BCUT2D eigenvalue weighted by Crippen LogP contribution is 2.22. The molecule has 1 unspecified atom stereocenters. The van der Waals surface area contributed by atoms with Crippen molar-refractivity contribution in [3.05, 3.63) is 45.4 Å². The van der Waals surface area contributed by atoms with E-state index in [1.54, 1.807) is 12.4 Å². The van der Waals surface area contributed by atoms with Gasteiger partial charge in [0, 0.05) is 34.6 Å². The van der Waals surface area contributed by atoms with Gasteiger partial charge in [0.25, 0.3) is 0 Å². The van der Waals surface area contributed by atoms with Crippen molar-refractivity contribution in [3.8, 4) is 0 Å². The first-order valence-electron chi connectivity index (χ1n) is 5.56. The number of thiophene rings is 1. The summed E-state index contributed by atoms with van der Waals surface area (Å²) in [6.45, 7) is 4.29. The van der Waals surface area contributed by atoms with E-state index in [0.717, 1.165) is 12.1 Å². The third kappa shape index (κ3) is 3.45. The zero-order chi connectivity index (χ0) is 12.3. The van der Waals surface area contributed by atoms with Crippen LogP contribution in [0.15, 0.2) is 30.6 Å². The van der Waals surface area contributed by atoms with E-state index in [9.17, 15) is 0 Å². The van der Waals surface area contributed by atoms with E-state index >= 15 is 0 Å². The zero-order valence-electron chi connectivity index (χ0n) is 9.90. The molecule has 0 aliphatic carbocycles. The fourth-order valence-corrected chi connectivity index (χ4v) is 2.90. The predicted octanol–water partition coefficient (Wildman–Crippen LogP) is 4.15. The molecule has 4 heteroatoms. The minimum absolute atomic E-state index is 0.355. The van der Waals surface area contributed by atoms with E-state index in [0.29, 0.717) is 11.1 Å². The molecule has 1 atom stereocenters. The summed E-state index contributed by atoms with van der Waals surface area (Å²) >= 11 is 7.90. The molecule has 0 amide bonds. The van der Waals surface area contributed by atoms with Crippen molar-refractivity contribution < 1.29 is 0 Å². The lowest BCUT2D eigenvalue weighted by Gasteiger charge is -2.15. The summed E-state index contributed by atoms with van der Waals surface area (Å²) < 4.78 is 0. The lowest BCUT2D eigenvalue weighted by molar-refractivity contribution is 0.800. The molecule has 0 aliphatic rings. The Hall–Kier alpha value is -1.06. The van der Waals surface area contributed by atoms with Crippen LogP contribution in [-0.4, -0.2) is 11.0 Å². The number of aromatic nitrogens is 1. The van der Waals surface area contributed by atoms with Gasteiger partial charge in [0.05, 0.1) is 10.7 Å². The number of halogens is 1. The smallest absolute Gasteiger partial charge is 0.0820 e. The van der Waals surface area contributed by atoms with Crippen LogP contribution < -0.4 is 5.32 Å². The normalized spacial score (nSPS) is 12.4. The van der Waals surface area contributed by atoms with Gasteiger partial charge in [-0.2, -0.15) is 0 Å². The molecular weight excluding hydrogens is 252 g/mol. The fraction of sp³-hybridized carbons (Fsp3) is 0.308. The van der Waals surface area contributed by atoms with Crippen LogP contribution in [0, 0.1) is 6.92 Å². The summed E-state index contributed by atoms with van der Waals surface area (Å²) in [6.07, 6.45) is 4.42. The second-order valence-electron chi connectivity index (χ2n) is 4.12. The van der Waals surface area contributed by atoms with Crippen LogP contribution in [0.25, 0.3) is 0 Å². The predicted molar refractivity (Wildman–Crippen MR) is 75.1 cm³/mol. The summed E-state index contributed by atoms with van der Waals surface area (Å²) in [6, 6.07) is 6.60. The fourth-order valence-electron chi connectivity index (χ4n) is 1.71. The summed E-state index contributed by atoms with van der Waals surface area (Å²) in [4.78, 5) is 6.72. The highest BCUT2D eigenvalue weighted by molar-refractivity contribution is 7.11. The number of nitrogens with zero attached hydrogens (tertiary/aromatic N) is 1. The van der Waals surface area contributed by atoms with Crippen LogP contribution in [-0.2, 0) is 6.42 Å². The number of hydrogen-bond donors (Lipinski definition) is 1. The average Bonchev–Trinajstić information content (AvgIpc) is 2.67. The quantitative estimate of drug-likeness (QED) is 0.899. The maximum Gasteiger partial charge on any atom is 0.0820 e. The molecule has 0 saturated heterocycles. The van der Waals surface area contributed by atoms with Gasteiger partial charge in [-0.25, -0.2) is 0 Å². The molecule has 0 bridgehead atoms. The van der Waals surface area contributed by atoms with Gasteiger partial charge in [0.15, 0.2) is 0 Å². The lowest BCUT2D eigenvalue weighted by Crippen LogP contribution is -2.17. The van der Waals surface area contributed by atoms with Crippen LogP contribution in [0.1, 0.15) is 16.7 Å². The molecule has 0 fully saturated rings. The Kier molecular flexibility index (Phi) is 4.02. The Bertz CT molecular complexity index is 496. The van der Waals surface area contributed by atoms with Crippen LogP contribution in [0.5, 0.6) is 0 Å². The van der Waals surface area contributed by atoms with Crippen molar-refractivity contribution in [2.24, 2.45) is 0 Å². The third-order valence-corrected chi connectivity index (χ3v) is 3.80. The van der Waals surface area contributed by atoms with Crippen LogP contribution in [0.3, 0.4) is 0 Å². The number of nitrogens with one attached hydrogen (secondary N) is 1. The van der Waals surface area contributed by atoms with Gasteiger partial charge >= 0.3 is 0 Å². The minimum Gasteiger partial charge on any atom is -0.381 e. The van der Waals surface area contributed by atoms with E-state index in [4.69, 9.17) is 11.6 Å². The monoisotopic (exact) mass is 266 g/mol. The van der Waals surface area contributed by atoms with Crippen LogP contribution in [0.4, 0.5) is 5.69 Å². The summed E-state index contributed by atoms with van der Waals surface area (Å²) in [5.41, 5.74) is 0.947. The third-order valence-electron chi connectivity index (χ3n) is 2.48. The van der Waals surface area contributed by atoms with Crippen molar-refractivity contribution in [1.82, 2.24) is 4.98 Å². The van der Waals surface area contributed by atoms with Gasteiger partial charge in [-0.3, -0.25) is 4.98 Å². The summed E-state index contributed by atoms with van der Waals surface area (Å²) in [7, 11) is 0. The minimum atomic E-state index is 0.355. The molecule has 17 heavy (non-hydrogen) atoms. The van der Waals surface area contributed by atoms with Gasteiger partial charge in [0.2, 0.25) is 0 Å². The zero-order valence-corrected chi connectivity index (χ0v) is 11.5. The molecule has 0 aliphatic heterocycles. The van der Waals surface area contributed by atoms with Gasteiger partial charge in [-0.15, -0.1) is 11.3 Å². The molecule has 0 spiro atoms. The average molecular weight is 267 g/mol. The number of rotatable bonds is 4. The molecule has 0 radical (unpaired) electrons. The van der Waals surface area contributed by atoms with Crippen molar-refractivity contribution in [2.45, 2.75) is 26.3 Å². The number of anilines is 1. The van der Waals surface area contributed by atoms with Crippen molar-refractivity contribution >= 4 is 28.6 Å². The Morgan fingerprint density at radius 3 is 2.88 bits per heavy atom. The molecule has 0 aromatic carbocycles. The van der Waals surface area contributed by atoms with E-state index in [2.05, 4.69) is 36.3 Å². The standard InChI is InChI=1S/C13H15ClN2S/c1-9(7-11-4-3-10(2)17-11)16-13-5-6-15-8-12(13)14/h3-6,8-9H,7H2,1-2H3,(H,15,16). The maximum absolute atomic E-state index is 6.05. The van der Waals surface area contributed by atoms with Gasteiger partial charge < -0.3 is 5.32 Å². The second kappa shape index (κ2) is 5.52. The Morgan fingerprint density at radius 2 is 2.24 bits per heavy atom. The van der Waals surface area contributed by atoms with Crippen molar-refractivity contribution in [1.29, 1.82) is 0 Å². The Morgan fingerprint density at radius 1 is 1.41 bits per heavy atom. The highest BCUT2D eigenvalue weighted by Gasteiger charge is 2.07. The number of aryl methyl sites for hydroxylation is 1. The van der Waals surface area contributed by atoms with E-state index in [1.807, 2.05) is 17.4 Å². The molecular formula is C13H15ClN2S. The molecule has 2 nitrogen and oxygen atoms in total. The van der Waals surface area contributed by atoms with Crippen molar-refractivity contribution in [3.63, 3.8) is 0 Å². The first-order chi connectivity index (χ1) is 8.15. The molecule has 2 aromatic heterocycles. The van der Waals surface area contributed by atoms with E-state index < -0.39 is 0 Å². The van der Waals surface area contributed by atoms with Crippen LogP contribution >= 0.6 is 22.9 Å². The molecule has 0 saturated carbocycles. The first-order valence-corrected chi connectivity index (χ1v) is 6.76. The molecule has 1 N–H and O–H groups in total. The molecule has 2 rings (SSSR count). The second-order valence-corrected chi connectivity index (χ2v) is 5.90. The summed E-state index contributed by atoms with van der Waals surface area (Å²) in [5.74, 6) is 0. The van der Waals surface area contributed by atoms with E-state index in [-0.39, 0.29) is 0 Å². The summed E-state index contributed by atoms with van der Waals surface area (Å²) in [5, 5.41) is 4.07. The van der Waals surface area contributed by atoms with Gasteiger partial charge in [-0.1, -0.05) is 11.6 Å². The van der Waals surface area contributed by atoms with Gasteiger partial charge in [-0.05, 0) is 32.0 Å². The number of hydrogen-bond acceptors (Lipinski definition) is 3. The lowest BCUT2D eigenvalue weighted by atomic mass is 10.2. The maximum atomic E-state index is 6.05. The largest absolute Gasteiger partial charge is 0.381 e. The molecule has 2 aromatic rings. The van der Waals surface area contributed by atoms with Crippen molar-refractivity contribution in [2.75, 3.05) is 5.32 Å². The van der Waals surface area contributed by atoms with Gasteiger partial charge in [0.1, 0.15) is 0 Å². The topological polar surface area (TPSA) is 24.9 Å². The number of pyridine rings is 1. The first kappa shape index (κ1) is 12.4.